The van der Waals surface area contributed by atoms with Crippen molar-refractivity contribution in [1.29, 1.82) is 0 Å². The molecule has 194 valence electrons. The van der Waals surface area contributed by atoms with Crippen molar-refractivity contribution in [2.75, 3.05) is 30.0 Å². The summed E-state index contributed by atoms with van der Waals surface area (Å²) in [4.78, 5) is 27.2. The van der Waals surface area contributed by atoms with Crippen molar-refractivity contribution < 1.29 is 9.59 Å². The molecule has 2 aromatic heterocycles. The zero-order valence-corrected chi connectivity index (χ0v) is 22.6. The Balaban J connectivity index is 1.23. The Hall–Kier alpha value is -2.11. The minimum atomic E-state index is -0.0508. The Morgan fingerprint density at radius 2 is 2.03 bits per heavy atom. The average Bonchev–Trinajstić information content (AvgIpc) is 3.79. The summed E-state index contributed by atoms with van der Waals surface area (Å²) in [7, 11) is 0. The van der Waals surface area contributed by atoms with Gasteiger partial charge < -0.3 is 16.0 Å². The molecule has 1 saturated heterocycles. The van der Waals surface area contributed by atoms with E-state index in [1.807, 2.05) is 6.33 Å². The molecule has 3 fully saturated rings. The van der Waals surface area contributed by atoms with Crippen LogP contribution in [0.15, 0.2) is 6.33 Å². The Morgan fingerprint density at radius 1 is 1.19 bits per heavy atom. The third-order valence-electron chi connectivity index (χ3n) is 8.11. The summed E-state index contributed by atoms with van der Waals surface area (Å²) in [5.74, 6) is 1.51. The molecule has 2 amide bonds. The van der Waals surface area contributed by atoms with Gasteiger partial charge in [-0.1, -0.05) is 11.9 Å². The Morgan fingerprint density at radius 3 is 2.75 bits per heavy atom. The van der Waals surface area contributed by atoms with Crippen LogP contribution in [0.5, 0.6) is 0 Å². The Bertz CT molecular complexity index is 1140. The van der Waals surface area contributed by atoms with Gasteiger partial charge in [0, 0.05) is 42.0 Å². The second-order valence-corrected chi connectivity index (χ2v) is 12.6. The molecular weight excluding hydrogens is 494 g/mol. The molecule has 0 bridgehead atoms. The largest absolute Gasteiger partial charge is 0.352 e. The summed E-state index contributed by atoms with van der Waals surface area (Å²) in [5, 5.41) is 19.3. The molecule has 2 saturated carbocycles. The van der Waals surface area contributed by atoms with E-state index >= 15 is 0 Å². The predicted octanol–water partition coefficient (Wildman–Crippen LogP) is 3.71. The first kappa shape index (κ1) is 24.2. The Labute approximate surface area is 220 Å². The third-order valence-corrected chi connectivity index (χ3v) is 10.3. The van der Waals surface area contributed by atoms with Crippen LogP contribution in [0.25, 0.3) is 0 Å². The number of rotatable bonds is 9. The van der Waals surface area contributed by atoms with Crippen LogP contribution < -0.4 is 16.0 Å². The van der Waals surface area contributed by atoms with Crippen LogP contribution in [0.3, 0.4) is 0 Å². The zero-order chi connectivity index (χ0) is 24.8. The summed E-state index contributed by atoms with van der Waals surface area (Å²) >= 11 is 3.38. The average molecular weight is 530 g/mol. The van der Waals surface area contributed by atoms with Gasteiger partial charge in [-0.15, -0.1) is 21.5 Å². The van der Waals surface area contributed by atoms with Crippen LogP contribution in [0.4, 0.5) is 10.9 Å². The standard InChI is InChI=1S/C25H35N7O2S2/c1-14-19(9-10-32(14)35-2)28-25-30-27-13-31(25)17-7-8-20-18(11-17)21(23(34)26-12-15-3-4-15)24(36-20)29-22(33)16-5-6-16/h13-17,19H,3-12H2,1-2H3,(H,26,34)(H,28,30)(H,29,33)/t14?,17-,19?/m0/s1. The first-order chi connectivity index (χ1) is 17.5. The topological polar surface area (TPSA) is 104 Å². The van der Waals surface area contributed by atoms with Gasteiger partial charge >= 0.3 is 0 Å². The highest BCUT2D eigenvalue weighted by atomic mass is 32.2. The second-order valence-electron chi connectivity index (χ2n) is 10.7. The molecule has 0 aromatic carbocycles. The highest BCUT2D eigenvalue weighted by Crippen LogP contribution is 2.43. The van der Waals surface area contributed by atoms with E-state index < -0.39 is 0 Å². The molecule has 3 atom stereocenters. The van der Waals surface area contributed by atoms with Crippen LogP contribution >= 0.6 is 23.3 Å². The molecule has 3 aliphatic carbocycles. The number of fused-ring (bicyclic) bond motifs is 1. The van der Waals surface area contributed by atoms with E-state index in [0.717, 1.165) is 68.1 Å². The number of amides is 2. The molecule has 0 radical (unpaired) electrons. The number of carbonyl (C=O) groups is 2. The summed E-state index contributed by atoms with van der Waals surface area (Å²) in [5.41, 5.74) is 1.76. The van der Waals surface area contributed by atoms with Gasteiger partial charge in [-0.2, -0.15) is 0 Å². The van der Waals surface area contributed by atoms with Crippen LogP contribution in [0.1, 0.15) is 72.3 Å². The molecule has 6 rings (SSSR count). The van der Waals surface area contributed by atoms with Gasteiger partial charge in [-0.3, -0.25) is 14.2 Å². The molecule has 11 heteroatoms. The van der Waals surface area contributed by atoms with Crippen molar-refractivity contribution in [2.24, 2.45) is 11.8 Å². The first-order valence-corrected chi connectivity index (χ1v) is 15.2. The fraction of sp³-hybridized carbons (Fsp3) is 0.680. The zero-order valence-electron chi connectivity index (χ0n) is 21.0. The van der Waals surface area contributed by atoms with Gasteiger partial charge in [0.25, 0.3) is 5.91 Å². The van der Waals surface area contributed by atoms with Crippen LogP contribution in [0, 0.1) is 11.8 Å². The molecule has 4 aliphatic rings. The lowest BCUT2D eigenvalue weighted by atomic mass is 9.91. The molecular formula is C25H35N7O2S2. The maximum absolute atomic E-state index is 13.4. The highest BCUT2D eigenvalue weighted by molar-refractivity contribution is 7.96. The number of nitrogens with one attached hydrogen (secondary N) is 3. The molecule has 0 spiro atoms. The smallest absolute Gasteiger partial charge is 0.254 e. The number of aromatic nitrogens is 3. The van der Waals surface area contributed by atoms with E-state index in [1.165, 1.54) is 17.7 Å². The van der Waals surface area contributed by atoms with Gasteiger partial charge in [0.2, 0.25) is 11.9 Å². The number of hydrogen-bond donors (Lipinski definition) is 3. The van der Waals surface area contributed by atoms with E-state index in [2.05, 4.69) is 48.2 Å². The fourth-order valence-corrected chi connectivity index (χ4v) is 7.49. The fourth-order valence-electron chi connectivity index (χ4n) is 5.48. The van der Waals surface area contributed by atoms with E-state index in [1.54, 1.807) is 23.3 Å². The highest BCUT2D eigenvalue weighted by Gasteiger charge is 2.36. The van der Waals surface area contributed by atoms with Crippen LogP contribution in [0.2, 0.25) is 0 Å². The molecule has 3 N–H and O–H groups in total. The van der Waals surface area contributed by atoms with Gasteiger partial charge in [-0.25, -0.2) is 4.31 Å². The van der Waals surface area contributed by atoms with Gasteiger partial charge in [-0.05, 0) is 76.0 Å². The molecule has 1 aliphatic heterocycles. The monoisotopic (exact) mass is 529 g/mol. The second kappa shape index (κ2) is 9.98. The number of carbonyl (C=O) groups excluding carboxylic acids is 2. The number of thiophene rings is 1. The molecule has 3 heterocycles. The SMILES string of the molecule is CSN1CCC(Nc2nncn2[C@H]2CCc3sc(NC(=O)C4CC4)c(C(=O)NCC4CC4)c3C2)C1C. The Kier molecular flexibility index (Phi) is 6.72. The minimum Gasteiger partial charge on any atom is -0.352 e. The van der Waals surface area contributed by atoms with Crippen molar-refractivity contribution in [3.8, 4) is 0 Å². The molecule has 2 aromatic rings. The number of anilines is 2. The lowest BCUT2D eigenvalue weighted by Crippen LogP contribution is -2.34. The van der Waals surface area contributed by atoms with E-state index in [-0.39, 0.29) is 23.8 Å². The first-order valence-electron chi connectivity index (χ1n) is 13.2. The lowest BCUT2D eigenvalue weighted by molar-refractivity contribution is -0.117. The maximum Gasteiger partial charge on any atom is 0.254 e. The number of nitrogens with zero attached hydrogens (tertiary/aromatic N) is 4. The molecule has 2 unspecified atom stereocenters. The van der Waals surface area contributed by atoms with Crippen molar-refractivity contribution in [3.05, 3.63) is 22.3 Å². The summed E-state index contributed by atoms with van der Waals surface area (Å²) in [6, 6.07) is 0.910. The molecule has 36 heavy (non-hydrogen) atoms. The maximum atomic E-state index is 13.4. The van der Waals surface area contributed by atoms with E-state index in [0.29, 0.717) is 23.6 Å². The van der Waals surface area contributed by atoms with Crippen molar-refractivity contribution >= 4 is 46.0 Å². The number of aryl methyl sites for hydroxylation is 1. The van der Waals surface area contributed by atoms with Gasteiger partial charge in [0.1, 0.15) is 11.3 Å². The summed E-state index contributed by atoms with van der Waals surface area (Å²) in [6.45, 7) is 4.03. The lowest BCUT2D eigenvalue weighted by Gasteiger charge is -2.27. The predicted molar refractivity (Wildman–Crippen MR) is 144 cm³/mol. The van der Waals surface area contributed by atoms with Crippen molar-refractivity contribution in [2.45, 2.75) is 76.4 Å². The van der Waals surface area contributed by atoms with Crippen molar-refractivity contribution in [3.63, 3.8) is 0 Å². The normalized spacial score (nSPS) is 26.0. The van der Waals surface area contributed by atoms with Gasteiger partial charge in [0.05, 0.1) is 5.56 Å². The van der Waals surface area contributed by atoms with Crippen molar-refractivity contribution in [1.82, 2.24) is 24.4 Å². The number of hydrogen-bond acceptors (Lipinski definition) is 8. The third kappa shape index (κ3) is 4.89. The van der Waals surface area contributed by atoms with E-state index in [4.69, 9.17) is 0 Å². The summed E-state index contributed by atoms with van der Waals surface area (Å²) < 4.78 is 4.56. The van der Waals surface area contributed by atoms with E-state index in [9.17, 15) is 9.59 Å². The quantitative estimate of drug-likeness (QED) is 0.426. The summed E-state index contributed by atoms with van der Waals surface area (Å²) in [6.07, 6.45) is 11.9. The van der Waals surface area contributed by atoms with Crippen LogP contribution in [-0.2, 0) is 17.6 Å². The minimum absolute atomic E-state index is 0.0508. The molecule has 9 nitrogen and oxygen atoms in total. The van der Waals surface area contributed by atoms with Crippen LogP contribution in [-0.4, -0.2) is 62.3 Å². The van der Waals surface area contributed by atoms with Gasteiger partial charge in [0.15, 0.2) is 0 Å².